The van der Waals surface area contributed by atoms with Gasteiger partial charge in [0.1, 0.15) is 0 Å². The SMILES string of the molecule is CCNC(=NCCCN1CCCCC1C)NCCC(F)(F)F. The Kier molecular flexibility index (Phi) is 8.60. The fraction of sp³-hybridized carbons (Fsp3) is 0.933. The summed E-state index contributed by atoms with van der Waals surface area (Å²) in [7, 11) is 0. The van der Waals surface area contributed by atoms with Crippen LogP contribution in [0.15, 0.2) is 4.99 Å². The molecule has 7 heteroatoms. The maximum absolute atomic E-state index is 12.1. The highest BCUT2D eigenvalue weighted by atomic mass is 19.4. The van der Waals surface area contributed by atoms with Crippen molar-refractivity contribution in [2.24, 2.45) is 4.99 Å². The van der Waals surface area contributed by atoms with Crippen molar-refractivity contribution in [2.45, 2.75) is 58.2 Å². The predicted octanol–water partition coefficient (Wildman–Crippen LogP) is 2.76. The van der Waals surface area contributed by atoms with Crippen LogP contribution >= 0.6 is 0 Å². The third-order valence-corrected chi connectivity index (χ3v) is 3.86. The third kappa shape index (κ3) is 8.46. The van der Waals surface area contributed by atoms with Gasteiger partial charge < -0.3 is 15.5 Å². The number of halogens is 3. The van der Waals surface area contributed by atoms with E-state index in [1.807, 2.05) is 6.92 Å². The summed E-state index contributed by atoms with van der Waals surface area (Å²) in [6, 6.07) is 0.635. The van der Waals surface area contributed by atoms with E-state index in [-0.39, 0.29) is 6.54 Å². The van der Waals surface area contributed by atoms with Crippen LogP contribution in [0, 0.1) is 0 Å². The van der Waals surface area contributed by atoms with Crippen LogP contribution in [0.4, 0.5) is 13.2 Å². The number of hydrogen-bond donors (Lipinski definition) is 2. The van der Waals surface area contributed by atoms with Crippen LogP contribution in [0.5, 0.6) is 0 Å². The lowest BCUT2D eigenvalue weighted by Crippen LogP contribution is -2.39. The number of alkyl halides is 3. The summed E-state index contributed by atoms with van der Waals surface area (Å²) in [4.78, 5) is 6.82. The summed E-state index contributed by atoms with van der Waals surface area (Å²) < 4.78 is 36.4. The van der Waals surface area contributed by atoms with Crippen LogP contribution in [0.25, 0.3) is 0 Å². The Bertz CT molecular complexity index is 331. The standard InChI is InChI=1S/C15H29F3N4/c1-3-19-14(21-10-8-15(16,17)18)20-9-6-12-22-11-5-4-7-13(22)2/h13H,3-12H2,1-2H3,(H2,19,20,21). The summed E-state index contributed by atoms with van der Waals surface area (Å²) in [6.07, 6.45) is -0.221. The molecule has 1 heterocycles. The van der Waals surface area contributed by atoms with Gasteiger partial charge in [-0.25, -0.2) is 0 Å². The van der Waals surface area contributed by atoms with Gasteiger partial charge in [0, 0.05) is 32.2 Å². The summed E-state index contributed by atoms with van der Waals surface area (Å²) in [5.74, 6) is 0.471. The van der Waals surface area contributed by atoms with Gasteiger partial charge in [0.25, 0.3) is 0 Å². The number of nitrogens with zero attached hydrogens (tertiary/aromatic N) is 2. The van der Waals surface area contributed by atoms with Crippen molar-refractivity contribution >= 4 is 5.96 Å². The molecule has 1 saturated heterocycles. The molecule has 0 bridgehead atoms. The number of hydrogen-bond acceptors (Lipinski definition) is 2. The van der Waals surface area contributed by atoms with Gasteiger partial charge in [0.2, 0.25) is 0 Å². The number of likely N-dealkylation sites (tertiary alicyclic amines) is 1. The van der Waals surface area contributed by atoms with Crippen molar-refractivity contribution < 1.29 is 13.2 Å². The molecular weight excluding hydrogens is 293 g/mol. The van der Waals surface area contributed by atoms with Crippen molar-refractivity contribution in [1.82, 2.24) is 15.5 Å². The van der Waals surface area contributed by atoms with Gasteiger partial charge >= 0.3 is 6.18 Å². The van der Waals surface area contributed by atoms with Crippen LogP contribution in [-0.2, 0) is 0 Å². The fourth-order valence-electron chi connectivity index (χ4n) is 2.62. The molecule has 0 aromatic heterocycles. The molecule has 1 unspecified atom stereocenters. The maximum atomic E-state index is 12.1. The second-order valence-corrected chi connectivity index (χ2v) is 5.79. The molecule has 0 aliphatic carbocycles. The average molecular weight is 322 g/mol. The number of aliphatic imine (C=N–C) groups is 1. The Morgan fingerprint density at radius 2 is 2.05 bits per heavy atom. The Morgan fingerprint density at radius 1 is 1.27 bits per heavy atom. The maximum Gasteiger partial charge on any atom is 0.390 e. The molecule has 0 aromatic rings. The monoisotopic (exact) mass is 322 g/mol. The van der Waals surface area contributed by atoms with Crippen LogP contribution < -0.4 is 10.6 Å². The molecule has 130 valence electrons. The first-order valence-electron chi connectivity index (χ1n) is 8.25. The van der Waals surface area contributed by atoms with E-state index in [0.717, 1.165) is 19.5 Å². The van der Waals surface area contributed by atoms with Crippen LogP contribution in [0.3, 0.4) is 0 Å². The van der Waals surface area contributed by atoms with Gasteiger partial charge in [-0.2, -0.15) is 13.2 Å². The molecule has 1 aliphatic rings. The quantitative estimate of drug-likeness (QED) is 0.430. The van der Waals surface area contributed by atoms with E-state index in [4.69, 9.17) is 0 Å². The minimum atomic E-state index is -4.13. The number of nitrogens with one attached hydrogen (secondary N) is 2. The molecule has 0 saturated carbocycles. The lowest BCUT2D eigenvalue weighted by Gasteiger charge is -2.33. The van der Waals surface area contributed by atoms with Crippen LogP contribution in [0.2, 0.25) is 0 Å². The van der Waals surface area contributed by atoms with E-state index >= 15 is 0 Å². The highest BCUT2D eigenvalue weighted by Crippen LogP contribution is 2.18. The molecule has 0 aromatic carbocycles. The van der Waals surface area contributed by atoms with Crippen molar-refractivity contribution in [3.8, 4) is 0 Å². The van der Waals surface area contributed by atoms with E-state index in [1.165, 1.54) is 19.3 Å². The van der Waals surface area contributed by atoms with Crippen molar-refractivity contribution in [3.63, 3.8) is 0 Å². The predicted molar refractivity (Wildman–Crippen MR) is 84.2 cm³/mol. The smallest absolute Gasteiger partial charge is 0.357 e. The number of guanidine groups is 1. The first-order chi connectivity index (χ1) is 10.4. The van der Waals surface area contributed by atoms with Gasteiger partial charge in [-0.05, 0) is 39.7 Å². The topological polar surface area (TPSA) is 39.7 Å². The largest absolute Gasteiger partial charge is 0.390 e. The number of piperidine rings is 1. The highest BCUT2D eigenvalue weighted by molar-refractivity contribution is 5.79. The minimum Gasteiger partial charge on any atom is -0.357 e. The van der Waals surface area contributed by atoms with E-state index in [0.29, 0.717) is 25.1 Å². The normalized spacial score (nSPS) is 21.0. The molecular formula is C15H29F3N4. The van der Waals surface area contributed by atoms with Gasteiger partial charge in [0.15, 0.2) is 5.96 Å². The molecule has 1 fully saturated rings. The lowest BCUT2D eigenvalue weighted by atomic mass is 10.0. The summed E-state index contributed by atoms with van der Waals surface area (Å²) >= 11 is 0. The first kappa shape index (κ1) is 19.1. The van der Waals surface area contributed by atoms with E-state index in [2.05, 4.69) is 27.4 Å². The summed E-state index contributed by atoms with van der Waals surface area (Å²) in [6.45, 7) is 7.44. The third-order valence-electron chi connectivity index (χ3n) is 3.86. The Balaban J connectivity index is 2.26. The minimum absolute atomic E-state index is 0.140. The average Bonchev–Trinajstić information content (AvgIpc) is 2.44. The zero-order valence-electron chi connectivity index (χ0n) is 13.7. The second kappa shape index (κ2) is 9.92. The van der Waals surface area contributed by atoms with Gasteiger partial charge in [-0.3, -0.25) is 4.99 Å². The van der Waals surface area contributed by atoms with Crippen LogP contribution in [-0.4, -0.2) is 55.8 Å². The molecule has 1 atom stereocenters. The summed E-state index contributed by atoms with van der Waals surface area (Å²) in [5.41, 5.74) is 0. The molecule has 0 spiro atoms. The van der Waals surface area contributed by atoms with Gasteiger partial charge in [-0.15, -0.1) is 0 Å². The molecule has 0 radical (unpaired) electrons. The second-order valence-electron chi connectivity index (χ2n) is 5.79. The molecule has 1 aliphatic heterocycles. The zero-order chi connectivity index (χ0) is 16.4. The molecule has 4 nitrogen and oxygen atoms in total. The Hall–Kier alpha value is -0.980. The van der Waals surface area contributed by atoms with Crippen molar-refractivity contribution in [2.75, 3.05) is 32.7 Å². The molecule has 22 heavy (non-hydrogen) atoms. The molecule has 1 rings (SSSR count). The Labute approximate surface area is 131 Å². The van der Waals surface area contributed by atoms with E-state index in [1.54, 1.807) is 0 Å². The van der Waals surface area contributed by atoms with Crippen molar-refractivity contribution in [3.05, 3.63) is 0 Å². The lowest BCUT2D eigenvalue weighted by molar-refractivity contribution is -0.132. The van der Waals surface area contributed by atoms with E-state index in [9.17, 15) is 13.2 Å². The number of rotatable bonds is 7. The van der Waals surface area contributed by atoms with Gasteiger partial charge in [0.05, 0.1) is 6.42 Å². The highest BCUT2D eigenvalue weighted by Gasteiger charge is 2.26. The first-order valence-corrected chi connectivity index (χ1v) is 8.25. The molecule has 0 amide bonds. The molecule has 2 N–H and O–H groups in total. The fourth-order valence-corrected chi connectivity index (χ4v) is 2.62. The van der Waals surface area contributed by atoms with Gasteiger partial charge in [-0.1, -0.05) is 6.42 Å². The summed E-state index contributed by atoms with van der Waals surface area (Å²) in [5, 5.41) is 5.70. The van der Waals surface area contributed by atoms with E-state index < -0.39 is 12.6 Å². The van der Waals surface area contributed by atoms with Crippen molar-refractivity contribution in [1.29, 1.82) is 0 Å². The zero-order valence-corrected chi connectivity index (χ0v) is 13.7. The Morgan fingerprint density at radius 3 is 2.68 bits per heavy atom. The van der Waals surface area contributed by atoms with Crippen LogP contribution in [0.1, 0.15) is 46.0 Å².